The second-order valence-electron chi connectivity index (χ2n) is 16.9. The molecule has 3 heterocycles. The van der Waals surface area contributed by atoms with E-state index in [4.69, 9.17) is 14.4 Å². The average Bonchev–Trinajstić information content (AvgIpc) is 3.80. The first-order valence-corrected chi connectivity index (χ1v) is 20.7. The van der Waals surface area contributed by atoms with Gasteiger partial charge in [-0.05, 0) is 114 Å². The summed E-state index contributed by atoms with van der Waals surface area (Å²) < 4.78 is 6.92. The molecule has 3 nitrogen and oxygen atoms in total. The van der Waals surface area contributed by atoms with Gasteiger partial charge in [-0.2, -0.15) is 0 Å². The molecule has 1 aliphatic rings. The highest BCUT2D eigenvalue weighted by Crippen LogP contribution is 2.55. The van der Waals surface area contributed by atoms with E-state index in [0.29, 0.717) is 0 Å². The van der Waals surface area contributed by atoms with Crippen molar-refractivity contribution in [1.82, 2.24) is 9.97 Å². The Bertz CT molecular complexity index is 3780. The summed E-state index contributed by atoms with van der Waals surface area (Å²) in [5.41, 5.74) is 15.5. The zero-order valence-corrected chi connectivity index (χ0v) is 33.1. The van der Waals surface area contributed by atoms with Crippen LogP contribution in [0.25, 0.3) is 121 Å². The molecule has 3 heteroatoms. The Morgan fingerprint density at radius 3 is 1.88 bits per heavy atom. The van der Waals surface area contributed by atoms with Crippen LogP contribution in [0, 0.1) is 0 Å². The van der Waals surface area contributed by atoms with Crippen molar-refractivity contribution in [2.45, 2.75) is 19.3 Å². The van der Waals surface area contributed by atoms with E-state index in [9.17, 15) is 0 Å². The zero-order valence-electron chi connectivity index (χ0n) is 33.1. The topological polar surface area (TPSA) is 38.9 Å². The summed E-state index contributed by atoms with van der Waals surface area (Å²) in [6.45, 7) is 4.73. The van der Waals surface area contributed by atoms with E-state index in [0.717, 1.165) is 49.6 Å². The van der Waals surface area contributed by atoms with Gasteiger partial charge in [-0.1, -0.05) is 147 Å². The number of para-hydroxylation sites is 1. The molecule has 0 radical (unpaired) electrons. The lowest BCUT2D eigenvalue weighted by Gasteiger charge is -2.23. The van der Waals surface area contributed by atoms with Crippen molar-refractivity contribution in [2.24, 2.45) is 0 Å². The van der Waals surface area contributed by atoms with Crippen LogP contribution in [0.15, 0.2) is 187 Å². The molecule has 0 atom stereocenters. The molecule has 0 unspecified atom stereocenters. The number of fused-ring (bicyclic) bond motifs is 16. The summed E-state index contributed by atoms with van der Waals surface area (Å²) in [7, 11) is 0. The molecule has 0 fully saturated rings. The number of nitrogens with zero attached hydrogens (tertiary/aromatic N) is 2. The number of hydrogen-bond donors (Lipinski definition) is 0. The van der Waals surface area contributed by atoms with Gasteiger partial charge in [0, 0.05) is 44.3 Å². The van der Waals surface area contributed by atoms with Gasteiger partial charge in [0.2, 0.25) is 0 Å². The van der Waals surface area contributed by atoms with Crippen LogP contribution in [0.5, 0.6) is 0 Å². The highest BCUT2D eigenvalue weighted by atomic mass is 16.3. The number of furan rings is 1. The van der Waals surface area contributed by atoms with Gasteiger partial charge in [-0.3, -0.25) is 4.98 Å². The van der Waals surface area contributed by atoms with Crippen molar-refractivity contribution in [3.05, 3.63) is 193 Å². The van der Waals surface area contributed by atoms with Crippen LogP contribution in [0.4, 0.5) is 0 Å². The van der Waals surface area contributed by atoms with Crippen LogP contribution in [-0.2, 0) is 5.41 Å². The van der Waals surface area contributed by atoms with Crippen LogP contribution in [-0.4, -0.2) is 9.97 Å². The van der Waals surface area contributed by atoms with Gasteiger partial charge in [0.1, 0.15) is 11.2 Å². The largest absolute Gasteiger partial charge is 0.455 e. The average molecular weight is 765 g/mol. The van der Waals surface area contributed by atoms with Crippen LogP contribution in [0.3, 0.4) is 0 Å². The van der Waals surface area contributed by atoms with Gasteiger partial charge in [0.05, 0.1) is 16.7 Å². The Kier molecular flexibility index (Phi) is 6.78. The number of benzene rings is 9. The summed E-state index contributed by atoms with van der Waals surface area (Å²) in [5, 5.41) is 11.9. The summed E-state index contributed by atoms with van der Waals surface area (Å²) >= 11 is 0. The summed E-state index contributed by atoms with van der Waals surface area (Å²) in [6.07, 6.45) is 1.85. The molecule has 9 aromatic carbocycles. The Hall–Kier alpha value is -7.62. The fourth-order valence-corrected chi connectivity index (χ4v) is 10.3. The Labute approximate surface area is 346 Å². The second kappa shape index (κ2) is 12.2. The van der Waals surface area contributed by atoms with E-state index in [1.54, 1.807) is 0 Å². The van der Waals surface area contributed by atoms with E-state index in [-0.39, 0.29) is 5.41 Å². The lowest BCUT2D eigenvalue weighted by atomic mass is 9.80. The normalized spacial score (nSPS) is 13.3. The van der Waals surface area contributed by atoms with Crippen LogP contribution in [0.2, 0.25) is 0 Å². The first kappa shape index (κ1) is 33.4. The van der Waals surface area contributed by atoms with Gasteiger partial charge in [0.15, 0.2) is 0 Å². The van der Waals surface area contributed by atoms with E-state index in [2.05, 4.69) is 184 Å². The third-order valence-electron chi connectivity index (χ3n) is 13.3. The lowest BCUT2D eigenvalue weighted by Crippen LogP contribution is -2.15. The SMILES string of the molecule is CC1(C)c2cc(-c3ccccc3)ccc2-c2c1cc(-c1ccc3c4ccc(-c5ccc6ccc7cccnc7c6n5)cc4c4ccccc4c3c1)c1c2oc2ccccc21. The van der Waals surface area contributed by atoms with Crippen molar-refractivity contribution in [1.29, 1.82) is 0 Å². The molecule has 0 spiro atoms. The molecule has 13 rings (SSSR count). The second-order valence-corrected chi connectivity index (χ2v) is 16.9. The van der Waals surface area contributed by atoms with Gasteiger partial charge in [0.25, 0.3) is 0 Å². The molecular formula is C57H36N2O. The number of aromatic nitrogens is 2. The minimum Gasteiger partial charge on any atom is -0.455 e. The summed E-state index contributed by atoms with van der Waals surface area (Å²) in [6, 6.07) is 64.0. The maximum Gasteiger partial charge on any atom is 0.144 e. The molecule has 12 aromatic rings. The van der Waals surface area contributed by atoms with Crippen LogP contribution < -0.4 is 0 Å². The maximum absolute atomic E-state index is 6.92. The van der Waals surface area contributed by atoms with Gasteiger partial charge < -0.3 is 4.42 Å². The van der Waals surface area contributed by atoms with E-state index in [1.807, 2.05) is 12.3 Å². The maximum atomic E-state index is 6.92. The third-order valence-corrected chi connectivity index (χ3v) is 13.3. The van der Waals surface area contributed by atoms with E-state index in [1.165, 1.54) is 82.2 Å². The smallest absolute Gasteiger partial charge is 0.144 e. The summed E-state index contributed by atoms with van der Waals surface area (Å²) in [4.78, 5) is 9.91. The fraction of sp³-hybridized carbons (Fsp3) is 0.0526. The molecular weight excluding hydrogens is 729 g/mol. The minimum atomic E-state index is -0.238. The van der Waals surface area contributed by atoms with E-state index >= 15 is 0 Å². The van der Waals surface area contributed by atoms with Crippen molar-refractivity contribution in [3.63, 3.8) is 0 Å². The Balaban J connectivity index is 1.02. The minimum absolute atomic E-state index is 0.238. The quantitative estimate of drug-likeness (QED) is 0.168. The van der Waals surface area contributed by atoms with Crippen molar-refractivity contribution >= 4 is 76.1 Å². The molecule has 1 aliphatic carbocycles. The molecule has 0 N–H and O–H groups in total. The van der Waals surface area contributed by atoms with Gasteiger partial charge in [-0.15, -0.1) is 0 Å². The van der Waals surface area contributed by atoms with Crippen LogP contribution in [0.1, 0.15) is 25.0 Å². The first-order chi connectivity index (χ1) is 29.5. The lowest BCUT2D eigenvalue weighted by molar-refractivity contribution is 0.653. The predicted octanol–water partition coefficient (Wildman–Crippen LogP) is 15.4. The van der Waals surface area contributed by atoms with Crippen LogP contribution >= 0.6 is 0 Å². The van der Waals surface area contributed by atoms with Crippen molar-refractivity contribution < 1.29 is 4.42 Å². The Morgan fingerprint density at radius 1 is 0.433 bits per heavy atom. The molecule has 280 valence electrons. The zero-order chi connectivity index (χ0) is 39.7. The fourth-order valence-electron chi connectivity index (χ4n) is 10.3. The third kappa shape index (κ3) is 4.66. The molecule has 0 saturated carbocycles. The molecule has 3 aromatic heterocycles. The molecule has 0 saturated heterocycles. The van der Waals surface area contributed by atoms with Gasteiger partial charge in [-0.25, -0.2) is 4.98 Å². The van der Waals surface area contributed by atoms with E-state index < -0.39 is 0 Å². The molecule has 0 bridgehead atoms. The van der Waals surface area contributed by atoms with Gasteiger partial charge >= 0.3 is 0 Å². The number of pyridine rings is 2. The summed E-state index contributed by atoms with van der Waals surface area (Å²) in [5.74, 6) is 0. The molecule has 0 amide bonds. The van der Waals surface area contributed by atoms with Crippen molar-refractivity contribution in [3.8, 4) is 44.6 Å². The molecule has 60 heavy (non-hydrogen) atoms. The molecule has 0 aliphatic heterocycles. The first-order valence-electron chi connectivity index (χ1n) is 20.7. The Morgan fingerprint density at radius 2 is 1.08 bits per heavy atom. The number of hydrogen-bond acceptors (Lipinski definition) is 3. The highest BCUT2D eigenvalue weighted by molar-refractivity contribution is 6.27. The highest BCUT2D eigenvalue weighted by Gasteiger charge is 2.39. The standard InChI is InChI=1S/C57H36N2O/c1-57(2)48-31-36(33-11-4-3-5-12-33)20-26-43(48)53-49(57)32-45(52-44-16-8-9-17-51(44)60-56(52)53)37-21-24-41-42-25-22-38(30-47(42)40-15-7-6-14-39(40)46(41)29-37)50-27-23-35-19-18-34-13-10-28-58-54(34)55(35)59-50/h3-32H,1-2H3. The monoisotopic (exact) mass is 764 g/mol. The number of rotatable bonds is 3. The predicted molar refractivity (Wildman–Crippen MR) is 251 cm³/mol. The van der Waals surface area contributed by atoms with Crippen molar-refractivity contribution in [2.75, 3.05) is 0 Å².